The third kappa shape index (κ3) is 12.5. The molecule has 0 amide bonds. The summed E-state index contributed by atoms with van der Waals surface area (Å²) in [6.45, 7) is 4.39. The van der Waals surface area contributed by atoms with Crippen LogP contribution in [-0.2, 0) is 0 Å². The molecule has 3 heteroatoms. The van der Waals surface area contributed by atoms with Gasteiger partial charge in [-0.3, -0.25) is 0 Å². The molecule has 17 heavy (non-hydrogen) atoms. The molecule has 0 radical (unpaired) electrons. The van der Waals surface area contributed by atoms with E-state index in [4.69, 9.17) is 0 Å². The molecule has 0 bridgehead atoms. The Morgan fingerprint density at radius 1 is 0.882 bits per heavy atom. The largest absolute Gasteiger partial charge is 1.00 e. The van der Waals surface area contributed by atoms with Crippen molar-refractivity contribution in [3.05, 3.63) is 0 Å². The number of halogens is 1. The van der Waals surface area contributed by atoms with Crippen LogP contribution >= 0.6 is 0 Å². The summed E-state index contributed by atoms with van der Waals surface area (Å²) < 4.78 is 0.108. The van der Waals surface area contributed by atoms with Crippen LogP contribution in [0.15, 0.2) is 0 Å². The van der Waals surface area contributed by atoms with E-state index in [0.717, 1.165) is 6.42 Å². The molecule has 0 rings (SSSR count). The maximum atomic E-state index is 9.72. The maximum Gasteiger partial charge on any atom is 0.116 e. The monoisotopic (exact) mass is 265 g/mol. The van der Waals surface area contributed by atoms with E-state index in [1.807, 2.05) is 14.1 Å². The van der Waals surface area contributed by atoms with Crippen molar-refractivity contribution in [1.82, 2.24) is 0 Å². The summed E-state index contributed by atoms with van der Waals surface area (Å²) in [4.78, 5) is 0. The minimum absolute atomic E-state index is 0. The average molecular weight is 266 g/mol. The van der Waals surface area contributed by atoms with Crippen LogP contribution in [-0.4, -0.2) is 30.0 Å². The number of hydroxylamine groups is 3. The molecule has 0 aromatic heterocycles. The fraction of sp³-hybridized carbons (Fsp3) is 1.00. The van der Waals surface area contributed by atoms with Gasteiger partial charge >= 0.3 is 0 Å². The molecule has 0 heterocycles. The quantitative estimate of drug-likeness (QED) is 0.359. The highest BCUT2D eigenvalue weighted by Crippen LogP contribution is 2.14. The lowest BCUT2D eigenvalue weighted by atomic mass is 10.0. The fourth-order valence-electron chi connectivity index (χ4n) is 1.89. The van der Waals surface area contributed by atoms with Gasteiger partial charge in [0, 0.05) is 6.42 Å². The van der Waals surface area contributed by atoms with E-state index in [2.05, 4.69) is 13.8 Å². The molecule has 106 valence electrons. The van der Waals surface area contributed by atoms with Crippen LogP contribution in [0.2, 0.25) is 0 Å². The summed E-state index contributed by atoms with van der Waals surface area (Å²) >= 11 is 0. The molecule has 0 aromatic rings. The molecular formula is C14H32ClNO. The minimum atomic E-state index is 0. The number of nitrogens with zero attached hydrogens (tertiary/aromatic N) is 1. The third-order valence-corrected chi connectivity index (χ3v) is 3.55. The first kappa shape index (κ1) is 19.5. The highest BCUT2D eigenvalue weighted by Gasteiger charge is 2.20. The molecule has 0 aromatic carbocycles. The topological polar surface area (TPSA) is 20.2 Å². The van der Waals surface area contributed by atoms with E-state index in [0.29, 0.717) is 6.04 Å². The predicted octanol–water partition coefficient (Wildman–Crippen LogP) is 1.38. The Bertz CT molecular complexity index is 157. The summed E-state index contributed by atoms with van der Waals surface area (Å²) in [5.41, 5.74) is 0. The van der Waals surface area contributed by atoms with Gasteiger partial charge in [0.05, 0.1) is 14.1 Å². The minimum Gasteiger partial charge on any atom is -1.00 e. The third-order valence-electron chi connectivity index (χ3n) is 3.55. The Morgan fingerprint density at radius 3 is 1.71 bits per heavy atom. The Morgan fingerprint density at radius 2 is 1.29 bits per heavy atom. The number of unbranched alkanes of at least 4 members (excludes halogenated alkanes) is 7. The van der Waals surface area contributed by atoms with E-state index in [1.54, 1.807) is 0 Å². The van der Waals surface area contributed by atoms with Gasteiger partial charge in [-0.15, -0.1) is 0 Å². The van der Waals surface area contributed by atoms with Crippen LogP contribution in [0.5, 0.6) is 0 Å². The molecule has 0 saturated heterocycles. The SMILES string of the molecule is CCCCCCCCCCC(C)[N+](C)(C)O.[Cl-]. The van der Waals surface area contributed by atoms with Gasteiger partial charge in [0.1, 0.15) is 6.04 Å². The van der Waals surface area contributed by atoms with Crippen molar-refractivity contribution in [2.24, 2.45) is 0 Å². The molecule has 0 aliphatic carbocycles. The molecule has 1 N–H and O–H groups in total. The predicted molar refractivity (Wildman–Crippen MR) is 70.6 cm³/mol. The van der Waals surface area contributed by atoms with Gasteiger partial charge in [-0.1, -0.05) is 51.9 Å². The van der Waals surface area contributed by atoms with Crippen molar-refractivity contribution >= 4 is 0 Å². The van der Waals surface area contributed by atoms with E-state index in [9.17, 15) is 5.21 Å². The van der Waals surface area contributed by atoms with Crippen LogP contribution in [0.1, 0.15) is 71.6 Å². The van der Waals surface area contributed by atoms with Gasteiger partial charge in [0.25, 0.3) is 0 Å². The lowest BCUT2D eigenvalue weighted by Gasteiger charge is -2.27. The van der Waals surface area contributed by atoms with E-state index < -0.39 is 0 Å². The van der Waals surface area contributed by atoms with Crippen LogP contribution in [0.25, 0.3) is 0 Å². The van der Waals surface area contributed by atoms with Gasteiger partial charge in [-0.25, -0.2) is 5.21 Å². The van der Waals surface area contributed by atoms with Gasteiger partial charge in [-0.05, 0) is 13.3 Å². The highest BCUT2D eigenvalue weighted by atomic mass is 35.5. The lowest BCUT2D eigenvalue weighted by Crippen LogP contribution is -3.00. The van der Waals surface area contributed by atoms with Gasteiger partial charge in [-0.2, -0.15) is 4.65 Å². The van der Waals surface area contributed by atoms with E-state index >= 15 is 0 Å². The van der Waals surface area contributed by atoms with Gasteiger partial charge < -0.3 is 12.4 Å². The second-order valence-electron chi connectivity index (χ2n) is 5.59. The molecule has 0 fully saturated rings. The molecule has 0 aliphatic heterocycles. The molecular weight excluding hydrogens is 234 g/mol. The zero-order valence-corrected chi connectivity index (χ0v) is 13.0. The first-order valence-electron chi connectivity index (χ1n) is 7.05. The Labute approximate surface area is 114 Å². The first-order valence-corrected chi connectivity index (χ1v) is 7.05. The standard InChI is InChI=1S/C14H32NO.ClH/c1-5-6-7-8-9-10-11-12-13-14(2)15(3,4)16;/h14,16H,5-13H2,1-4H3;1H/q+1;/p-1. The van der Waals surface area contributed by atoms with Crippen LogP contribution < -0.4 is 12.4 Å². The van der Waals surface area contributed by atoms with Crippen molar-refractivity contribution in [2.75, 3.05) is 14.1 Å². The number of rotatable bonds is 10. The van der Waals surface area contributed by atoms with Crippen LogP contribution in [0.3, 0.4) is 0 Å². The highest BCUT2D eigenvalue weighted by molar-refractivity contribution is 4.51. The normalized spacial score (nSPS) is 13.2. The summed E-state index contributed by atoms with van der Waals surface area (Å²) in [6, 6.07) is 0.361. The molecule has 2 nitrogen and oxygen atoms in total. The van der Waals surface area contributed by atoms with Gasteiger partial charge in [0.2, 0.25) is 0 Å². The van der Waals surface area contributed by atoms with Crippen LogP contribution in [0.4, 0.5) is 0 Å². The number of quaternary nitrogens is 1. The second-order valence-corrected chi connectivity index (χ2v) is 5.59. The number of hydrogen-bond donors (Lipinski definition) is 1. The summed E-state index contributed by atoms with van der Waals surface area (Å²) in [5, 5.41) is 9.72. The lowest BCUT2D eigenvalue weighted by molar-refractivity contribution is -1.09. The smallest absolute Gasteiger partial charge is 0.116 e. The molecule has 1 unspecified atom stereocenters. The van der Waals surface area contributed by atoms with E-state index in [-0.39, 0.29) is 17.1 Å². The molecule has 0 saturated carbocycles. The summed E-state index contributed by atoms with van der Waals surface area (Å²) in [5.74, 6) is 0. The summed E-state index contributed by atoms with van der Waals surface area (Å²) in [7, 11) is 3.71. The van der Waals surface area contributed by atoms with Crippen LogP contribution in [0, 0.1) is 0 Å². The average Bonchev–Trinajstić information content (AvgIpc) is 2.20. The second kappa shape index (κ2) is 11.3. The molecule has 0 aliphatic rings. The Hall–Kier alpha value is 0.210. The first-order chi connectivity index (χ1) is 7.48. The van der Waals surface area contributed by atoms with Crippen molar-refractivity contribution in [3.8, 4) is 0 Å². The van der Waals surface area contributed by atoms with Crippen molar-refractivity contribution in [1.29, 1.82) is 0 Å². The van der Waals surface area contributed by atoms with E-state index in [1.165, 1.54) is 51.4 Å². The summed E-state index contributed by atoms with van der Waals surface area (Å²) in [6.07, 6.45) is 12.0. The Balaban J connectivity index is 0. The Kier molecular flexibility index (Phi) is 13.0. The zero-order valence-electron chi connectivity index (χ0n) is 12.2. The molecule has 0 spiro atoms. The number of hydrogen-bond acceptors (Lipinski definition) is 1. The van der Waals surface area contributed by atoms with Crippen molar-refractivity contribution in [2.45, 2.75) is 77.7 Å². The fourth-order valence-corrected chi connectivity index (χ4v) is 1.89. The van der Waals surface area contributed by atoms with Gasteiger partial charge in [0.15, 0.2) is 0 Å². The van der Waals surface area contributed by atoms with Crippen molar-refractivity contribution in [3.63, 3.8) is 0 Å². The molecule has 1 atom stereocenters. The zero-order chi connectivity index (χ0) is 12.4. The van der Waals surface area contributed by atoms with Crippen molar-refractivity contribution < 1.29 is 22.3 Å². The maximum absolute atomic E-state index is 9.72.